The Morgan fingerprint density at radius 1 is 1.24 bits per heavy atom. The smallest absolute Gasteiger partial charge is 0.0991 e. The molecule has 0 saturated carbocycles. The van der Waals surface area contributed by atoms with Gasteiger partial charge < -0.3 is 9.88 Å². The highest BCUT2D eigenvalue weighted by molar-refractivity contribution is 5.40. The molecule has 0 amide bonds. The van der Waals surface area contributed by atoms with Crippen LogP contribution in [0.1, 0.15) is 18.4 Å². The van der Waals surface area contributed by atoms with Crippen LogP contribution in [-0.2, 0) is 6.42 Å². The molecule has 2 aromatic rings. The van der Waals surface area contributed by atoms with Gasteiger partial charge >= 0.3 is 0 Å². The summed E-state index contributed by atoms with van der Waals surface area (Å²) in [5.41, 5.74) is 2.64. The second-order valence-electron chi connectivity index (χ2n) is 4.16. The molecule has 0 aliphatic heterocycles. The summed E-state index contributed by atoms with van der Waals surface area (Å²) in [5.74, 6) is 0. The van der Waals surface area contributed by atoms with E-state index in [1.165, 1.54) is 24.1 Å². The van der Waals surface area contributed by atoms with Crippen molar-refractivity contribution < 1.29 is 0 Å². The van der Waals surface area contributed by atoms with Crippen LogP contribution in [0.25, 0.3) is 5.69 Å². The molecule has 3 nitrogen and oxygen atoms in total. The summed E-state index contributed by atoms with van der Waals surface area (Å²) in [6, 6.07) is 8.53. The maximum atomic E-state index is 4.10. The normalized spacial score (nSPS) is 10.6. The van der Waals surface area contributed by atoms with Gasteiger partial charge in [0, 0.05) is 18.1 Å². The third kappa shape index (κ3) is 3.17. The van der Waals surface area contributed by atoms with Gasteiger partial charge in [-0.2, -0.15) is 0 Å². The van der Waals surface area contributed by atoms with Gasteiger partial charge in [0.25, 0.3) is 0 Å². The summed E-state index contributed by atoms with van der Waals surface area (Å²) in [7, 11) is 2.00. The van der Waals surface area contributed by atoms with Gasteiger partial charge in [-0.05, 0) is 44.5 Å². The van der Waals surface area contributed by atoms with Gasteiger partial charge in [0.05, 0.1) is 6.33 Å². The van der Waals surface area contributed by atoms with Gasteiger partial charge in [-0.1, -0.05) is 18.2 Å². The molecule has 0 saturated heterocycles. The lowest BCUT2D eigenvalue weighted by Crippen LogP contribution is -2.07. The molecule has 0 aliphatic carbocycles. The number of para-hydroxylation sites is 1. The minimum absolute atomic E-state index is 1.09. The van der Waals surface area contributed by atoms with Crippen LogP contribution in [0.3, 0.4) is 0 Å². The van der Waals surface area contributed by atoms with Gasteiger partial charge in [0.1, 0.15) is 0 Å². The third-order valence-corrected chi connectivity index (χ3v) is 2.90. The average molecular weight is 229 g/mol. The topological polar surface area (TPSA) is 29.9 Å². The summed E-state index contributed by atoms with van der Waals surface area (Å²) in [6.07, 6.45) is 9.22. The van der Waals surface area contributed by atoms with Crippen LogP contribution in [0.15, 0.2) is 43.0 Å². The Kier molecular flexibility index (Phi) is 4.33. The van der Waals surface area contributed by atoms with Gasteiger partial charge in [-0.3, -0.25) is 0 Å². The second-order valence-corrected chi connectivity index (χ2v) is 4.16. The first-order valence-electron chi connectivity index (χ1n) is 6.12. The number of imidazole rings is 1. The summed E-state index contributed by atoms with van der Waals surface area (Å²) in [6.45, 7) is 1.09. The van der Waals surface area contributed by atoms with Crippen molar-refractivity contribution in [1.29, 1.82) is 0 Å². The molecule has 1 aromatic heterocycles. The molecule has 1 heterocycles. The van der Waals surface area contributed by atoms with Crippen molar-refractivity contribution in [1.82, 2.24) is 14.9 Å². The first-order valence-corrected chi connectivity index (χ1v) is 6.12. The van der Waals surface area contributed by atoms with Gasteiger partial charge in [0.15, 0.2) is 0 Å². The number of hydrogen-bond acceptors (Lipinski definition) is 2. The molecular weight excluding hydrogens is 210 g/mol. The van der Waals surface area contributed by atoms with Crippen molar-refractivity contribution in [2.45, 2.75) is 19.3 Å². The molecule has 0 aliphatic rings. The van der Waals surface area contributed by atoms with Crippen molar-refractivity contribution in [3.63, 3.8) is 0 Å². The average Bonchev–Trinajstić information content (AvgIpc) is 2.89. The van der Waals surface area contributed by atoms with Crippen molar-refractivity contribution in [3.05, 3.63) is 48.5 Å². The van der Waals surface area contributed by atoms with Crippen LogP contribution in [0.2, 0.25) is 0 Å². The molecule has 0 fully saturated rings. The first kappa shape index (κ1) is 11.9. The van der Waals surface area contributed by atoms with Crippen LogP contribution in [0.5, 0.6) is 0 Å². The molecule has 0 bridgehead atoms. The Morgan fingerprint density at radius 3 is 2.88 bits per heavy atom. The highest BCUT2D eigenvalue weighted by Crippen LogP contribution is 2.16. The SMILES string of the molecule is CNCCCCc1ccccc1-n1ccnc1. The van der Waals surface area contributed by atoms with Crippen LogP contribution >= 0.6 is 0 Å². The monoisotopic (exact) mass is 229 g/mol. The molecule has 90 valence electrons. The molecule has 0 atom stereocenters. The Bertz CT molecular complexity index is 434. The Labute approximate surface area is 103 Å². The standard InChI is InChI=1S/C14H19N3/c1-15-9-5-4-7-13-6-2-3-8-14(13)17-11-10-16-12-17/h2-3,6,8,10-12,15H,4-5,7,9H2,1H3. The lowest BCUT2D eigenvalue weighted by molar-refractivity contribution is 0.676. The largest absolute Gasteiger partial charge is 0.320 e. The molecule has 17 heavy (non-hydrogen) atoms. The lowest BCUT2D eigenvalue weighted by Gasteiger charge is -2.09. The first-order chi connectivity index (χ1) is 8.42. The molecule has 1 N–H and O–H groups in total. The number of hydrogen-bond donors (Lipinski definition) is 1. The lowest BCUT2D eigenvalue weighted by atomic mass is 10.1. The third-order valence-electron chi connectivity index (χ3n) is 2.90. The van der Waals surface area contributed by atoms with Gasteiger partial charge in [-0.25, -0.2) is 4.98 Å². The Balaban J connectivity index is 2.06. The summed E-state index contributed by atoms with van der Waals surface area (Å²) >= 11 is 0. The maximum absolute atomic E-state index is 4.10. The fraction of sp³-hybridized carbons (Fsp3) is 0.357. The second kappa shape index (κ2) is 6.21. The predicted octanol–water partition coefficient (Wildman–Crippen LogP) is 2.41. The summed E-state index contributed by atoms with van der Waals surface area (Å²) in [5, 5.41) is 3.18. The molecular formula is C14H19N3. The van der Waals surface area contributed by atoms with E-state index in [-0.39, 0.29) is 0 Å². The number of unbranched alkanes of at least 4 members (excludes halogenated alkanes) is 1. The summed E-state index contributed by atoms with van der Waals surface area (Å²) < 4.78 is 2.08. The van der Waals surface area contributed by atoms with Crippen LogP contribution in [0, 0.1) is 0 Å². The zero-order valence-corrected chi connectivity index (χ0v) is 10.3. The highest BCUT2D eigenvalue weighted by Gasteiger charge is 2.02. The predicted molar refractivity (Wildman–Crippen MR) is 70.4 cm³/mol. The van der Waals surface area contributed by atoms with E-state index in [0.29, 0.717) is 0 Å². The highest BCUT2D eigenvalue weighted by atomic mass is 15.0. The minimum Gasteiger partial charge on any atom is -0.320 e. The van der Waals surface area contributed by atoms with Crippen molar-refractivity contribution in [3.8, 4) is 5.69 Å². The van der Waals surface area contributed by atoms with Gasteiger partial charge in [0.2, 0.25) is 0 Å². The van der Waals surface area contributed by atoms with E-state index < -0.39 is 0 Å². The molecule has 0 unspecified atom stereocenters. The number of aryl methyl sites for hydroxylation is 1. The van der Waals surface area contributed by atoms with E-state index in [9.17, 15) is 0 Å². The number of benzene rings is 1. The fourth-order valence-electron chi connectivity index (χ4n) is 1.99. The summed E-state index contributed by atoms with van der Waals surface area (Å²) in [4.78, 5) is 4.10. The van der Waals surface area contributed by atoms with Gasteiger partial charge in [-0.15, -0.1) is 0 Å². The van der Waals surface area contributed by atoms with E-state index in [0.717, 1.165) is 13.0 Å². The fourth-order valence-corrected chi connectivity index (χ4v) is 1.99. The molecule has 3 heteroatoms. The maximum Gasteiger partial charge on any atom is 0.0991 e. The van der Waals surface area contributed by atoms with Crippen molar-refractivity contribution in [2.24, 2.45) is 0 Å². The van der Waals surface area contributed by atoms with E-state index in [4.69, 9.17) is 0 Å². The number of rotatable bonds is 6. The molecule has 2 rings (SSSR count). The Morgan fingerprint density at radius 2 is 2.12 bits per heavy atom. The van der Waals surface area contributed by atoms with E-state index in [1.54, 1.807) is 0 Å². The molecule has 0 radical (unpaired) electrons. The van der Waals surface area contributed by atoms with E-state index in [1.807, 2.05) is 25.8 Å². The van der Waals surface area contributed by atoms with Crippen LogP contribution in [0.4, 0.5) is 0 Å². The minimum atomic E-state index is 1.09. The number of aromatic nitrogens is 2. The van der Waals surface area contributed by atoms with Crippen molar-refractivity contribution >= 4 is 0 Å². The number of nitrogens with one attached hydrogen (secondary N) is 1. The van der Waals surface area contributed by atoms with Crippen molar-refractivity contribution in [2.75, 3.05) is 13.6 Å². The molecule has 1 aromatic carbocycles. The quantitative estimate of drug-likeness (QED) is 0.771. The van der Waals surface area contributed by atoms with E-state index in [2.05, 4.69) is 39.1 Å². The zero-order chi connectivity index (χ0) is 11.9. The molecule has 0 spiro atoms. The zero-order valence-electron chi connectivity index (χ0n) is 10.3. The van der Waals surface area contributed by atoms with Crippen LogP contribution in [-0.4, -0.2) is 23.1 Å². The number of nitrogens with zero attached hydrogens (tertiary/aromatic N) is 2. The van der Waals surface area contributed by atoms with E-state index >= 15 is 0 Å². The van der Waals surface area contributed by atoms with Crippen LogP contribution < -0.4 is 5.32 Å². The Hall–Kier alpha value is -1.61.